The first kappa shape index (κ1) is 15.3. The van der Waals surface area contributed by atoms with Gasteiger partial charge in [-0.15, -0.1) is 11.3 Å². The molecule has 0 fully saturated rings. The van der Waals surface area contributed by atoms with Crippen LogP contribution in [0.1, 0.15) is 23.5 Å². The smallest absolute Gasteiger partial charge is 0.263 e. The van der Waals surface area contributed by atoms with Gasteiger partial charge in [-0.05, 0) is 12.1 Å². The fourth-order valence-corrected chi connectivity index (χ4v) is 3.31. The quantitative estimate of drug-likeness (QED) is 0.788. The number of carbonyl (C=O) groups excluding carboxylic acids is 1. The number of aliphatic hydroxyl groups excluding tert-OH is 1. The number of thiophene rings is 1. The van der Waals surface area contributed by atoms with Crippen LogP contribution in [-0.4, -0.2) is 24.2 Å². The van der Waals surface area contributed by atoms with Crippen LogP contribution in [0.2, 0.25) is 0 Å². The molecule has 0 saturated carbocycles. The molecule has 2 rings (SSSR count). The fourth-order valence-electron chi connectivity index (χ4n) is 1.71. The van der Waals surface area contributed by atoms with Crippen LogP contribution >= 0.6 is 27.3 Å². The van der Waals surface area contributed by atoms with E-state index in [1.807, 2.05) is 32.0 Å². The molecule has 1 amide bonds. The summed E-state index contributed by atoms with van der Waals surface area (Å²) in [5.74, 6) is -0.193. The number of nitrogens with one attached hydrogen (secondary N) is 1. The molecule has 4 nitrogen and oxygen atoms in total. The molecule has 0 aliphatic heterocycles. The number of hydrogen-bond acceptors (Lipinski definition) is 4. The topological polar surface area (TPSA) is 75.3 Å². The van der Waals surface area contributed by atoms with E-state index in [-0.39, 0.29) is 17.9 Å². The molecule has 20 heavy (non-hydrogen) atoms. The molecule has 6 heteroatoms. The van der Waals surface area contributed by atoms with Gasteiger partial charge in [0.25, 0.3) is 5.91 Å². The second kappa shape index (κ2) is 5.71. The van der Waals surface area contributed by atoms with Crippen molar-refractivity contribution in [2.45, 2.75) is 13.8 Å². The maximum Gasteiger partial charge on any atom is 0.263 e. The van der Waals surface area contributed by atoms with Crippen molar-refractivity contribution in [1.82, 2.24) is 5.32 Å². The monoisotopic (exact) mass is 356 g/mol. The molecule has 108 valence electrons. The highest BCUT2D eigenvalue weighted by atomic mass is 79.9. The molecule has 0 unspecified atom stereocenters. The minimum absolute atomic E-state index is 0.0160. The molecule has 0 spiro atoms. The van der Waals surface area contributed by atoms with Crippen LogP contribution in [-0.2, 0) is 0 Å². The average Bonchev–Trinajstić information content (AvgIpc) is 2.73. The van der Waals surface area contributed by atoms with E-state index in [0.29, 0.717) is 17.1 Å². The number of aliphatic hydroxyl groups is 1. The first-order valence-corrected chi connectivity index (χ1v) is 7.81. The van der Waals surface area contributed by atoms with Crippen molar-refractivity contribution < 1.29 is 9.90 Å². The van der Waals surface area contributed by atoms with Crippen LogP contribution in [0.25, 0.3) is 10.1 Å². The summed E-state index contributed by atoms with van der Waals surface area (Å²) in [6.07, 6.45) is 0. The number of anilines is 1. The van der Waals surface area contributed by atoms with Gasteiger partial charge >= 0.3 is 0 Å². The van der Waals surface area contributed by atoms with E-state index in [1.54, 1.807) is 0 Å². The molecule has 2 aromatic rings. The third-order valence-electron chi connectivity index (χ3n) is 3.05. The summed E-state index contributed by atoms with van der Waals surface area (Å²) in [4.78, 5) is 12.7. The van der Waals surface area contributed by atoms with Gasteiger partial charge in [0.05, 0.1) is 5.69 Å². The molecule has 0 aliphatic carbocycles. The molecular weight excluding hydrogens is 340 g/mol. The number of fused-ring (bicyclic) bond motifs is 1. The molecule has 0 saturated heterocycles. The lowest BCUT2D eigenvalue weighted by molar-refractivity contribution is 0.0916. The van der Waals surface area contributed by atoms with E-state index < -0.39 is 0 Å². The van der Waals surface area contributed by atoms with Gasteiger partial charge in [0.1, 0.15) is 4.88 Å². The number of halogens is 1. The van der Waals surface area contributed by atoms with E-state index in [2.05, 4.69) is 21.2 Å². The number of nitrogens with two attached hydrogens (primary N) is 1. The molecule has 0 aliphatic rings. The summed E-state index contributed by atoms with van der Waals surface area (Å²) < 4.78 is 1.93. The molecule has 1 aromatic heterocycles. The zero-order chi connectivity index (χ0) is 14.9. The summed E-state index contributed by atoms with van der Waals surface area (Å²) >= 11 is 4.78. The van der Waals surface area contributed by atoms with E-state index in [4.69, 9.17) is 5.73 Å². The lowest BCUT2D eigenvalue weighted by Crippen LogP contribution is -2.35. The Balaban J connectivity index is 2.24. The van der Waals surface area contributed by atoms with Gasteiger partial charge in [0, 0.05) is 33.1 Å². The van der Waals surface area contributed by atoms with Gasteiger partial charge in [0.2, 0.25) is 0 Å². The van der Waals surface area contributed by atoms with Crippen molar-refractivity contribution in [1.29, 1.82) is 0 Å². The number of nitrogen functional groups attached to an aromatic ring is 1. The van der Waals surface area contributed by atoms with Crippen molar-refractivity contribution in [3.8, 4) is 0 Å². The first-order chi connectivity index (χ1) is 9.34. The van der Waals surface area contributed by atoms with Gasteiger partial charge in [-0.1, -0.05) is 35.8 Å². The zero-order valence-electron chi connectivity index (χ0n) is 11.4. The number of benzene rings is 1. The molecule has 0 bridgehead atoms. The van der Waals surface area contributed by atoms with Crippen LogP contribution in [0, 0.1) is 5.41 Å². The van der Waals surface area contributed by atoms with Gasteiger partial charge in [0.15, 0.2) is 0 Å². The number of hydrogen-bond donors (Lipinski definition) is 3. The Labute approximate surface area is 130 Å². The summed E-state index contributed by atoms with van der Waals surface area (Å²) in [5.41, 5.74) is 6.21. The highest BCUT2D eigenvalue weighted by Gasteiger charge is 2.21. The Kier molecular flexibility index (Phi) is 4.36. The van der Waals surface area contributed by atoms with Crippen LogP contribution in [0.4, 0.5) is 5.69 Å². The van der Waals surface area contributed by atoms with Crippen LogP contribution in [0.3, 0.4) is 0 Å². The van der Waals surface area contributed by atoms with E-state index in [9.17, 15) is 9.90 Å². The highest BCUT2D eigenvalue weighted by Crippen LogP contribution is 2.35. The van der Waals surface area contributed by atoms with E-state index >= 15 is 0 Å². The second-order valence-electron chi connectivity index (χ2n) is 5.49. The van der Waals surface area contributed by atoms with E-state index in [0.717, 1.165) is 14.6 Å². The molecule has 1 heterocycles. The summed E-state index contributed by atoms with van der Waals surface area (Å²) in [6.45, 7) is 4.19. The van der Waals surface area contributed by atoms with Crippen molar-refractivity contribution in [3.05, 3.63) is 27.5 Å². The summed E-state index contributed by atoms with van der Waals surface area (Å²) in [6, 6.07) is 5.76. The largest absolute Gasteiger partial charge is 0.397 e. The minimum atomic E-state index is -0.343. The molecule has 4 N–H and O–H groups in total. The van der Waals surface area contributed by atoms with Crippen LogP contribution in [0.5, 0.6) is 0 Å². The Hall–Kier alpha value is -1.11. The number of amides is 1. The molecular formula is C14H17BrN2O2S. The van der Waals surface area contributed by atoms with E-state index in [1.165, 1.54) is 11.3 Å². The van der Waals surface area contributed by atoms with Crippen molar-refractivity contribution in [2.24, 2.45) is 5.41 Å². The zero-order valence-corrected chi connectivity index (χ0v) is 13.8. The predicted octanol–water partition coefficient (Wildman–Crippen LogP) is 2.99. The van der Waals surface area contributed by atoms with Crippen molar-refractivity contribution >= 4 is 48.9 Å². The standard InChI is InChI=1S/C14H17BrN2O2S/c1-14(2,7-18)6-17-13(19)12-11(16)9-4-3-8(15)5-10(9)20-12/h3-5,18H,6-7,16H2,1-2H3,(H,17,19). The second-order valence-corrected chi connectivity index (χ2v) is 7.46. The SMILES string of the molecule is CC(C)(CO)CNC(=O)c1sc2cc(Br)ccc2c1N. The van der Waals surface area contributed by atoms with Crippen molar-refractivity contribution in [3.63, 3.8) is 0 Å². The average molecular weight is 357 g/mol. The van der Waals surface area contributed by atoms with Crippen LogP contribution in [0.15, 0.2) is 22.7 Å². The summed E-state index contributed by atoms with van der Waals surface area (Å²) in [5, 5.41) is 12.9. The van der Waals surface area contributed by atoms with Crippen LogP contribution < -0.4 is 11.1 Å². The molecule has 1 aromatic carbocycles. The summed E-state index contributed by atoms with van der Waals surface area (Å²) in [7, 11) is 0. The normalized spacial score (nSPS) is 11.8. The minimum Gasteiger partial charge on any atom is -0.397 e. The fraction of sp³-hybridized carbons (Fsp3) is 0.357. The Bertz CT molecular complexity index is 652. The predicted molar refractivity (Wildman–Crippen MR) is 87.1 cm³/mol. The maximum absolute atomic E-state index is 12.2. The van der Waals surface area contributed by atoms with Gasteiger partial charge < -0.3 is 16.2 Å². The molecule has 0 atom stereocenters. The third-order valence-corrected chi connectivity index (χ3v) is 4.71. The highest BCUT2D eigenvalue weighted by molar-refractivity contribution is 9.10. The Morgan fingerprint density at radius 2 is 2.20 bits per heavy atom. The van der Waals surface area contributed by atoms with Crippen molar-refractivity contribution in [2.75, 3.05) is 18.9 Å². The lowest BCUT2D eigenvalue weighted by atomic mass is 9.95. The van der Waals surface area contributed by atoms with Gasteiger partial charge in [-0.3, -0.25) is 4.79 Å². The van der Waals surface area contributed by atoms with Gasteiger partial charge in [-0.2, -0.15) is 0 Å². The first-order valence-electron chi connectivity index (χ1n) is 6.20. The Morgan fingerprint density at radius 3 is 2.85 bits per heavy atom. The third kappa shape index (κ3) is 3.13. The van der Waals surface area contributed by atoms with Gasteiger partial charge in [-0.25, -0.2) is 0 Å². The number of rotatable bonds is 4. The maximum atomic E-state index is 12.2. The number of carbonyl (C=O) groups is 1. The Morgan fingerprint density at radius 1 is 1.50 bits per heavy atom. The lowest BCUT2D eigenvalue weighted by Gasteiger charge is -2.21. The molecule has 0 radical (unpaired) electrons.